The second-order valence-corrected chi connectivity index (χ2v) is 7.49. The minimum absolute atomic E-state index is 0.0187. The Balaban J connectivity index is 2.01. The van der Waals surface area contributed by atoms with Gasteiger partial charge in [-0.3, -0.25) is 14.5 Å². The molecule has 0 bridgehead atoms. The predicted octanol–water partition coefficient (Wildman–Crippen LogP) is 4.85. The number of fused-ring (bicyclic) bond motifs is 1. The van der Waals surface area contributed by atoms with Crippen LogP contribution in [0.1, 0.15) is 44.7 Å². The maximum atomic E-state index is 13.3. The first-order valence-corrected chi connectivity index (χ1v) is 9.58. The van der Waals surface area contributed by atoms with E-state index in [1.54, 1.807) is 0 Å². The fourth-order valence-electron chi connectivity index (χ4n) is 4.01. The van der Waals surface area contributed by atoms with Crippen molar-refractivity contribution < 1.29 is 9.59 Å². The number of para-hydroxylation sites is 2. The first-order valence-electron chi connectivity index (χ1n) is 9.58. The van der Waals surface area contributed by atoms with Crippen LogP contribution in [0.25, 0.3) is 0 Å². The Labute approximate surface area is 159 Å². The van der Waals surface area contributed by atoms with Gasteiger partial charge in [0.15, 0.2) is 5.78 Å². The van der Waals surface area contributed by atoms with Gasteiger partial charge in [0.1, 0.15) is 0 Å². The normalized spacial score (nSPS) is 19.3. The predicted molar refractivity (Wildman–Crippen MR) is 107 cm³/mol. The molecule has 2 aliphatic rings. The van der Waals surface area contributed by atoms with Gasteiger partial charge in [0.05, 0.1) is 17.4 Å². The van der Waals surface area contributed by atoms with Crippen molar-refractivity contribution in [1.82, 2.24) is 0 Å². The molecule has 1 amide bonds. The zero-order chi connectivity index (χ0) is 19.0. The Morgan fingerprint density at radius 3 is 2.48 bits per heavy atom. The number of nitrogens with one attached hydrogen (secondary N) is 1. The lowest BCUT2D eigenvalue weighted by Crippen LogP contribution is -2.40. The molecule has 0 saturated heterocycles. The van der Waals surface area contributed by atoms with Crippen molar-refractivity contribution >= 4 is 23.1 Å². The van der Waals surface area contributed by atoms with Crippen LogP contribution in [-0.4, -0.2) is 11.7 Å². The molecule has 1 aliphatic heterocycles. The van der Waals surface area contributed by atoms with Crippen molar-refractivity contribution in [2.24, 2.45) is 5.92 Å². The SMILES string of the molecule is CC(C)C(=O)N1c2ccccc2NC2=C(C(=O)CCC2)C1c1ccccc1. The lowest BCUT2D eigenvalue weighted by molar-refractivity contribution is -0.121. The number of ketones is 1. The van der Waals surface area contributed by atoms with E-state index >= 15 is 0 Å². The molecule has 1 atom stereocenters. The molecule has 4 nitrogen and oxygen atoms in total. The molecular formula is C23H24N2O2. The van der Waals surface area contributed by atoms with Crippen molar-refractivity contribution in [2.75, 3.05) is 10.2 Å². The van der Waals surface area contributed by atoms with Crippen LogP contribution in [-0.2, 0) is 9.59 Å². The quantitative estimate of drug-likeness (QED) is 0.833. The third-order valence-electron chi connectivity index (χ3n) is 5.28. The molecule has 0 radical (unpaired) electrons. The van der Waals surface area contributed by atoms with Gasteiger partial charge in [0, 0.05) is 23.6 Å². The number of allylic oxidation sites excluding steroid dienone is 1. The maximum Gasteiger partial charge on any atom is 0.230 e. The maximum absolute atomic E-state index is 13.3. The van der Waals surface area contributed by atoms with Gasteiger partial charge in [-0.05, 0) is 30.5 Å². The zero-order valence-corrected chi connectivity index (χ0v) is 15.7. The summed E-state index contributed by atoms with van der Waals surface area (Å²) >= 11 is 0. The Bertz CT molecular complexity index is 915. The standard InChI is InChI=1S/C23H24N2O2/c1-15(2)23(27)25-19-13-7-6-11-17(19)24-18-12-8-14-20(26)21(18)22(25)16-9-4-3-5-10-16/h3-7,9-11,13,15,22,24H,8,12,14H2,1-2H3. The molecule has 0 saturated carbocycles. The third kappa shape index (κ3) is 3.05. The Morgan fingerprint density at radius 2 is 1.74 bits per heavy atom. The average molecular weight is 360 g/mol. The van der Waals surface area contributed by atoms with Crippen LogP contribution in [0.4, 0.5) is 11.4 Å². The minimum Gasteiger partial charge on any atom is -0.357 e. The molecule has 27 heavy (non-hydrogen) atoms. The molecule has 1 heterocycles. The van der Waals surface area contributed by atoms with Gasteiger partial charge in [-0.2, -0.15) is 0 Å². The van der Waals surface area contributed by atoms with Gasteiger partial charge in [-0.15, -0.1) is 0 Å². The summed E-state index contributed by atoms with van der Waals surface area (Å²) in [7, 11) is 0. The fourth-order valence-corrected chi connectivity index (χ4v) is 4.01. The van der Waals surface area contributed by atoms with E-state index in [9.17, 15) is 9.59 Å². The highest BCUT2D eigenvalue weighted by molar-refractivity contribution is 6.06. The Morgan fingerprint density at radius 1 is 1.04 bits per heavy atom. The van der Waals surface area contributed by atoms with E-state index in [0.717, 1.165) is 41.1 Å². The van der Waals surface area contributed by atoms with Crippen molar-refractivity contribution in [3.63, 3.8) is 0 Å². The van der Waals surface area contributed by atoms with Crippen LogP contribution < -0.4 is 10.2 Å². The number of Topliss-reactive ketones (excluding diaryl/α,β-unsaturated/α-hetero) is 1. The van der Waals surface area contributed by atoms with Gasteiger partial charge in [0.25, 0.3) is 0 Å². The molecule has 4 heteroatoms. The highest BCUT2D eigenvalue weighted by Crippen LogP contribution is 2.45. The second-order valence-electron chi connectivity index (χ2n) is 7.49. The number of hydrogen-bond acceptors (Lipinski definition) is 3. The molecule has 138 valence electrons. The van der Waals surface area contributed by atoms with Gasteiger partial charge in [0.2, 0.25) is 5.91 Å². The van der Waals surface area contributed by atoms with E-state index in [2.05, 4.69) is 5.32 Å². The molecule has 0 spiro atoms. The first kappa shape index (κ1) is 17.5. The molecular weight excluding hydrogens is 336 g/mol. The van der Waals surface area contributed by atoms with Crippen LogP contribution >= 0.6 is 0 Å². The fraction of sp³-hybridized carbons (Fsp3) is 0.304. The number of amides is 1. The summed E-state index contributed by atoms with van der Waals surface area (Å²) in [5.41, 5.74) is 4.36. The Kier molecular flexibility index (Phi) is 4.56. The summed E-state index contributed by atoms with van der Waals surface area (Å²) in [6.07, 6.45) is 2.19. The number of rotatable bonds is 2. The van der Waals surface area contributed by atoms with E-state index in [1.165, 1.54) is 0 Å². The molecule has 0 aromatic heterocycles. The third-order valence-corrected chi connectivity index (χ3v) is 5.28. The number of hydrogen-bond donors (Lipinski definition) is 1. The molecule has 2 aromatic carbocycles. The Hall–Kier alpha value is -2.88. The summed E-state index contributed by atoms with van der Waals surface area (Å²) in [6.45, 7) is 3.81. The molecule has 4 rings (SSSR count). The van der Waals surface area contributed by atoms with Crippen LogP contribution in [0.3, 0.4) is 0 Å². The second kappa shape index (κ2) is 7.03. The summed E-state index contributed by atoms with van der Waals surface area (Å²) in [4.78, 5) is 28.2. The van der Waals surface area contributed by atoms with Gasteiger partial charge in [-0.25, -0.2) is 0 Å². The van der Waals surface area contributed by atoms with Crippen molar-refractivity contribution in [2.45, 2.75) is 39.2 Å². The van der Waals surface area contributed by atoms with Gasteiger partial charge >= 0.3 is 0 Å². The topological polar surface area (TPSA) is 49.4 Å². The van der Waals surface area contributed by atoms with Crippen molar-refractivity contribution in [3.05, 3.63) is 71.4 Å². The van der Waals surface area contributed by atoms with E-state index < -0.39 is 6.04 Å². The minimum atomic E-state index is -0.403. The van der Waals surface area contributed by atoms with E-state index in [-0.39, 0.29) is 17.6 Å². The number of benzene rings is 2. The van der Waals surface area contributed by atoms with Crippen LogP contribution in [0.5, 0.6) is 0 Å². The smallest absolute Gasteiger partial charge is 0.230 e. The number of anilines is 2. The first-order chi connectivity index (χ1) is 13.1. The van der Waals surface area contributed by atoms with E-state index in [4.69, 9.17) is 0 Å². The number of carbonyl (C=O) groups excluding carboxylic acids is 2. The lowest BCUT2D eigenvalue weighted by atomic mass is 9.85. The van der Waals surface area contributed by atoms with Crippen LogP contribution in [0, 0.1) is 5.92 Å². The highest BCUT2D eigenvalue weighted by atomic mass is 16.2. The van der Waals surface area contributed by atoms with Crippen LogP contribution in [0.2, 0.25) is 0 Å². The van der Waals surface area contributed by atoms with E-state index in [1.807, 2.05) is 73.3 Å². The molecule has 1 aliphatic carbocycles. The number of carbonyl (C=O) groups is 2. The highest BCUT2D eigenvalue weighted by Gasteiger charge is 2.39. The van der Waals surface area contributed by atoms with Crippen LogP contribution in [0.15, 0.2) is 65.9 Å². The summed E-state index contributed by atoms with van der Waals surface area (Å²) in [5, 5.41) is 3.48. The summed E-state index contributed by atoms with van der Waals surface area (Å²) in [6, 6.07) is 17.3. The van der Waals surface area contributed by atoms with Gasteiger partial charge < -0.3 is 5.32 Å². The zero-order valence-electron chi connectivity index (χ0n) is 15.7. The van der Waals surface area contributed by atoms with E-state index in [0.29, 0.717) is 6.42 Å². The average Bonchev–Trinajstić information content (AvgIpc) is 2.83. The monoisotopic (exact) mass is 360 g/mol. The summed E-state index contributed by atoms with van der Waals surface area (Å²) < 4.78 is 0. The molecule has 1 unspecified atom stereocenters. The molecule has 2 aromatic rings. The largest absolute Gasteiger partial charge is 0.357 e. The van der Waals surface area contributed by atoms with Crippen molar-refractivity contribution in [3.8, 4) is 0 Å². The summed E-state index contributed by atoms with van der Waals surface area (Å²) in [5.74, 6) is -0.0256. The lowest BCUT2D eigenvalue weighted by Gasteiger charge is -2.35. The van der Waals surface area contributed by atoms with Gasteiger partial charge in [-0.1, -0.05) is 56.3 Å². The molecule has 1 N–H and O–H groups in total. The van der Waals surface area contributed by atoms with Crippen molar-refractivity contribution in [1.29, 1.82) is 0 Å². The number of nitrogens with zero attached hydrogens (tertiary/aromatic N) is 1. The molecule has 0 fully saturated rings.